The summed E-state index contributed by atoms with van der Waals surface area (Å²) in [6.45, 7) is 1.54. The topological polar surface area (TPSA) is 88.3 Å². The lowest BCUT2D eigenvalue weighted by Gasteiger charge is -2.18. The molecule has 0 spiro atoms. The van der Waals surface area contributed by atoms with E-state index in [9.17, 15) is 22.8 Å². The number of carbonyl (C=O) groups excluding carboxylic acids is 2. The highest BCUT2D eigenvalue weighted by atomic mass is 32.2. The first-order chi connectivity index (χ1) is 15.1. The highest BCUT2D eigenvalue weighted by molar-refractivity contribution is 7.99. The average molecular weight is 464 g/mol. The minimum Gasteiger partial charge on any atom is -0.411 e. The summed E-state index contributed by atoms with van der Waals surface area (Å²) in [6.07, 6.45) is -4.61. The number of carbonyl (C=O) groups is 2. The molecular weight excluding hydrogens is 445 g/mol. The Morgan fingerprint density at radius 3 is 2.47 bits per heavy atom. The van der Waals surface area contributed by atoms with Crippen LogP contribution in [0.1, 0.15) is 11.1 Å². The molecule has 0 radical (unpaired) electrons. The Bertz CT molecular complexity index is 1100. The van der Waals surface area contributed by atoms with E-state index in [0.717, 1.165) is 39.9 Å². The van der Waals surface area contributed by atoms with Gasteiger partial charge in [0.1, 0.15) is 0 Å². The quantitative estimate of drug-likeness (QED) is 0.526. The molecule has 0 fully saturated rings. The van der Waals surface area contributed by atoms with Crippen LogP contribution in [-0.4, -0.2) is 46.3 Å². The number of benzene rings is 2. The normalized spacial score (nSPS) is 11.3. The maximum absolute atomic E-state index is 13.0. The Hall–Kier alpha value is -3.34. The van der Waals surface area contributed by atoms with Crippen molar-refractivity contribution in [1.29, 1.82) is 0 Å². The number of nitrogens with one attached hydrogen (secondary N) is 1. The number of halogens is 3. The first-order valence-corrected chi connectivity index (χ1v) is 10.4. The van der Waals surface area contributed by atoms with Crippen LogP contribution in [0.3, 0.4) is 0 Å². The number of alkyl halides is 3. The monoisotopic (exact) mass is 464 g/mol. The molecule has 3 rings (SSSR count). The fourth-order valence-corrected chi connectivity index (χ4v) is 3.35. The van der Waals surface area contributed by atoms with Gasteiger partial charge in [0.2, 0.25) is 17.7 Å². The summed E-state index contributed by atoms with van der Waals surface area (Å²) < 4.78 is 44.7. The van der Waals surface area contributed by atoms with Crippen molar-refractivity contribution in [2.75, 3.05) is 24.7 Å². The van der Waals surface area contributed by atoms with E-state index in [1.165, 1.54) is 19.2 Å². The van der Waals surface area contributed by atoms with Crippen molar-refractivity contribution in [3.05, 3.63) is 59.7 Å². The summed E-state index contributed by atoms with van der Waals surface area (Å²) >= 11 is 1.00. The molecule has 0 bridgehead atoms. The number of anilines is 1. The Labute approximate surface area is 186 Å². The van der Waals surface area contributed by atoms with E-state index in [4.69, 9.17) is 4.42 Å². The van der Waals surface area contributed by atoms with Crippen LogP contribution in [0.4, 0.5) is 18.9 Å². The van der Waals surface area contributed by atoms with Gasteiger partial charge in [-0.05, 0) is 31.2 Å². The third kappa shape index (κ3) is 6.10. The third-order valence-electron chi connectivity index (χ3n) is 4.34. The number of hydrogen-bond donors (Lipinski definition) is 1. The van der Waals surface area contributed by atoms with Gasteiger partial charge in [-0.1, -0.05) is 41.6 Å². The van der Waals surface area contributed by atoms with Gasteiger partial charge in [-0.15, -0.1) is 10.2 Å². The number of aromatic nitrogens is 2. The van der Waals surface area contributed by atoms with E-state index in [-0.39, 0.29) is 16.7 Å². The second kappa shape index (κ2) is 9.86. The molecule has 2 amide bonds. The third-order valence-corrected chi connectivity index (χ3v) is 5.14. The molecule has 0 saturated heterocycles. The fraction of sp³-hybridized carbons (Fsp3) is 0.238. The van der Waals surface area contributed by atoms with Crippen molar-refractivity contribution in [3.63, 3.8) is 0 Å². The lowest BCUT2D eigenvalue weighted by atomic mass is 10.1. The first-order valence-electron chi connectivity index (χ1n) is 9.37. The summed E-state index contributed by atoms with van der Waals surface area (Å²) in [5, 5.41) is 10.2. The van der Waals surface area contributed by atoms with E-state index >= 15 is 0 Å². The SMILES string of the molecule is Cc1ccc(-c2nnc(SCC(=O)N(C)CC(=O)Nc3ccccc3C(F)(F)F)o2)cc1. The molecule has 0 aliphatic heterocycles. The minimum absolute atomic E-state index is 0.0849. The molecule has 3 aromatic rings. The highest BCUT2D eigenvalue weighted by Crippen LogP contribution is 2.34. The predicted octanol–water partition coefficient (Wildman–Crippen LogP) is 4.25. The van der Waals surface area contributed by atoms with Crippen molar-refractivity contribution >= 4 is 29.3 Å². The first kappa shape index (κ1) is 23.3. The Balaban J connectivity index is 1.52. The zero-order valence-corrected chi connectivity index (χ0v) is 18.0. The van der Waals surface area contributed by atoms with Crippen LogP contribution in [0.25, 0.3) is 11.5 Å². The van der Waals surface area contributed by atoms with Gasteiger partial charge >= 0.3 is 6.18 Å². The molecule has 0 atom stereocenters. The molecule has 0 unspecified atom stereocenters. The molecule has 7 nitrogen and oxygen atoms in total. The standard InChI is InChI=1S/C21H19F3N4O3S/c1-13-7-9-14(10-8-13)19-26-27-20(31-19)32-12-18(30)28(2)11-17(29)25-16-6-4-3-5-15(16)21(22,23)24/h3-10H,11-12H2,1-2H3,(H,25,29). The van der Waals surface area contributed by atoms with Crippen molar-refractivity contribution in [3.8, 4) is 11.5 Å². The maximum Gasteiger partial charge on any atom is 0.418 e. The minimum atomic E-state index is -4.61. The molecule has 1 N–H and O–H groups in total. The van der Waals surface area contributed by atoms with Gasteiger partial charge in [0.25, 0.3) is 5.22 Å². The van der Waals surface area contributed by atoms with Crippen LogP contribution in [0.15, 0.2) is 58.2 Å². The Kier molecular flexibility index (Phi) is 7.18. The van der Waals surface area contributed by atoms with Crippen LogP contribution in [0.2, 0.25) is 0 Å². The number of amides is 2. The summed E-state index contributed by atoms with van der Waals surface area (Å²) in [5.74, 6) is -0.944. The Morgan fingerprint density at radius 1 is 1.09 bits per heavy atom. The summed E-state index contributed by atoms with van der Waals surface area (Å²) in [7, 11) is 1.38. The molecule has 0 aliphatic rings. The molecular formula is C21H19F3N4O3S. The number of para-hydroxylation sites is 1. The van der Waals surface area contributed by atoms with Crippen molar-refractivity contribution in [2.45, 2.75) is 18.3 Å². The van der Waals surface area contributed by atoms with Gasteiger partial charge in [-0.25, -0.2) is 0 Å². The molecule has 168 valence electrons. The van der Waals surface area contributed by atoms with Gasteiger partial charge in [0.15, 0.2) is 0 Å². The van der Waals surface area contributed by atoms with Gasteiger partial charge in [-0.3, -0.25) is 9.59 Å². The van der Waals surface area contributed by atoms with E-state index in [2.05, 4.69) is 15.5 Å². The molecule has 0 saturated carbocycles. The zero-order valence-electron chi connectivity index (χ0n) is 17.1. The largest absolute Gasteiger partial charge is 0.418 e. The van der Waals surface area contributed by atoms with Gasteiger partial charge < -0.3 is 14.6 Å². The molecule has 11 heteroatoms. The van der Waals surface area contributed by atoms with Crippen LogP contribution >= 0.6 is 11.8 Å². The average Bonchev–Trinajstić information content (AvgIpc) is 3.21. The number of likely N-dealkylation sites (N-methyl/N-ethyl adjacent to an activating group) is 1. The van der Waals surface area contributed by atoms with Crippen molar-refractivity contribution in [1.82, 2.24) is 15.1 Å². The van der Waals surface area contributed by atoms with Crippen molar-refractivity contribution < 1.29 is 27.2 Å². The number of aryl methyl sites for hydroxylation is 1. The summed E-state index contributed by atoms with van der Waals surface area (Å²) in [5.41, 5.74) is 0.505. The van der Waals surface area contributed by atoms with Crippen molar-refractivity contribution in [2.24, 2.45) is 0 Å². The van der Waals surface area contributed by atoms with E-state index in [1.54, 1.807) is 0 Å². The van der Waals surface area contributed by atoms with Gasteiger partial charge in [0, 0.05) is 12.6 Å². The number of rotatable bonds is 7. The molecule has 0 aliphatic carbocycles. The lowest BCUT2D eigenvalue weighted by molar-refractivity contribution is -0.137. The number of hydrogen-bond acceptors (Lipinski definition) is 6. The lowest BCUT2D eigenvalue weighted by Crippen LogP contribution is -2.36. The van der Waals surface area contributed by atoms with Crippen LogP contribution < -0.4 is 5.32 Å². The number of thioether (sulfide) groups is 1. The van der Waals surface area contributed by atoms with E-state index < -0.39 is 30.1 Å². The predicted molar refractivity (Wildman–Crippen MR) is 113 cm³/mol. The Morgan fingerprint density at radius 2 is 1.78 bits per heavy atom. The van der Waals surface area contributed by atoms with Gasteiger partial charge in [0.05, 0.1) is 23.5 Å². The highest BCUT2D eigenvalue weighted by Gasteiger charge is 2.33. The fourth-order valence-electron chi connectivity index (χ4n) is 2.65. The van der Waals surface area contributed by atoms with E-state index in [1.807, 2.05) is 31.2 Å². The molecule has 1 aromatic heterocycles. The second-order valence-electron chi connectivity index (χ2n) is 6.87. The molecule has 2 aromatic carbocycles. The summed E-state index contributed by atoms with van der Waals surface area (Å²) in [4.78, 5) is 25.6. The van der Waals surface area contributed by atoms with Crippen LogP contribution in [0.5, 0.6) is 0 Å². The van der Waals surface area contributed by atoms with Gasteiger partial charge in [-0.2, -0.15) is 13.2 Å². The second-order valence-corrected chi connectivity index (χ2v) is 7.80. The molecule has 1 heterocycles. The zero-order chi connectivity index (χ0) is 23.3. The summed E-state index contributed by atoms with van der Waals surface area (Å²) in [6, 6.07) is 12.1. The smallest absolute Gasteiger partial charge is 0.411 e. The van der Waals surface area contributed by atoms with Crippen LogP contribution in [0, 0.1) is 6.92 Å². The molecule has 32 heavy (non-hydrogen) atoms. The van der Waals surface area contributed by atoms with Crippen LogP contribution in [-0.2, 0) is 15.8 Å². The number of nitrogens with zero attached hydrogens (tertiary/aromatic N) is 3. The van der Waals surface area contributed by atoms with E-state index in [0.29, 0.717) is 5.89 Å². The maximum atomic E-state index is 13.0.